The van der Waals surface area contributed by atoms with E-state index in [1.165, 1.54) is 0 Å². The largest absolute Gasteiger partial charge is 0.465 e. The van der Waals surface area contributed by atoms with Gasteiger partial charge in [-0.25, -0.2) is 0 Å². The molecule has 1 aliphatic heterocycles. The van der Waals surface area contributed by atoms with Crippen LogP contribution in [0.3, 0.4) is 0 Å². The third-order valence-corrected chi connectivity index (χ3v) is 5.15. The number of ether oxygens (including phenoxy) is 2. The molecule has 2 aromatic rings. The van der Waals surface area contributed by atoms with Gasteiger partial charge in [-0.2, -0.15) is 0 Å². The number of amides is 2. The molecule has 2 amide bonds. The summed E-state index contributed by atoms with van der Waals surface area (Å²) in [5.41, 5.74) is 1.49. The Morgan fingerprint density at radius 2 is 1.87 bits per heavy atom. The Morgan fingerprint density at radius 1 is 1.13 bits per heavy atom. The Hall–Kier alpha value is -3.07. The van der Waals surface area contributed by atoms with Crippen LogP contribution in [-0.2, 0) is 30.4 Å². The maximum Gasteiger partial charge on any atom is 0.326 e. The highest BCUT2D eigenvalue weighted by atomic mass is 32.2. The van der Waals surface area contributed by atoms with Crippen molar-refractivity contribution in [3.05, 3.63) is 40.9 Å². The van der Waals surface area contributed by atoms with Crippen molar-refractivity contribution in [1.29, 1.82) is 0 Å². The van der Waals surface area contributed by atoms with E-state index in [2.05, 4.69) is 0 Å². The zero-order valence-corrected chi connectivity index (χ0v) is 17.7. The zero-order valence-electron chi connectivity index (χ0n) is 16.9. The third-order valence-electron chi connectivity index (χ3n) is 4.24. The highest BCUT2D eigenvalue weighted by molar-refractivity contribution is 8.18. The van der Waals surface area contributed by atoms with E-state index in [1.807, 2.05) is 24.3 Å². The number of carbonyl (C=O) groups excluding carboxylic acids is 4. The van der Waals surface area contributed by atoms with Crippen molar-refractivity contribution in [3.63, 3.8) is 0 Å². The molecule has 0 bridgehead atoms. The molecule has 1 saturated heterocycles. The lowest BCUT2D eigenvalue weighted by molar-refractivity contribution is -0.149. The fourth-order valence-electron chi connectivity index (χ4n) is 3.07. The summed E-state index contributed by atoms with van der Waals surface area (Å²) in [6.45, 7) is 5.02. The van der Waals surface area contributed by atoms with Crippen molar-refractivity contribution in [2.24, 2.45) is 0 Å². The number of thioether (sulfide) groups is 1. The van der Waals surface area contributed by atoms with E-state index < -0.39 is 23.7 Å². The molecule has 1 fully saturated rings. The topological polar surface area (TPSA) is 94.9 Å². The summed E-state index contributed by atoms with van der Waals surface area (Å²) in [4.78, 5) is 49.8. The molecule has 0 radical (unpaired) electrons. The van der Waals surface area contributed by atoms with Crippen LogP contribution in [0.25, 0.3) is 17.0 Å². The van der Waals surface area contributed by atoms with Crippen LogP contribution >= 0.6 is 11.8 Å². The minimum absolute atomic E-state index is 0.0325. The van der Waals surface area contributed by atoms with Gasteiger partial charge >= 0.3 is 11.9 Å². The van der Waals surface area contributed by atoms with E-state index in [9.17, 15) is 19.2 Å². The smallest absolute Gasteiger partial charge is 0.326 e. The summed E-state index contributed by atoms with van der Waals surface area (Å²) in [5.74, 6) is -1.55. The molecule has 1 aromatic carbocycles. The molecule has 9 heteroatoms. The predicted molar refractivity (Wildman–Crippen MR) is 112 cm³/mol. The van der Waals surface area contributed by atoms with Gasteiger partial charge in [-0.15, -0.1) is 0 Å². The molecule has 0 N–H and O–H groups in total. The average Bonchev–Trinajstić information content (AvgIpc) is 3.14. The molecule has 3 rings (SSSR count). The van der Waals surface area contributed by atoms with Crippen LogP contribution in [0.15, 0.2) is 35.4 Å². The van der Waals surface area contributed by atoms with Gasteiger partial charge in [0.1, 0.15) is 13.1 Å². The Kier molecular flexibility index (Phi) is 6.61. The first kappa shape index (κ1) is 21.6. The van der Waals surface area contributed by atoms with Crippen molar-refractivity contribution in [3.8, 4) is 0 Å². The van der Waals surface area contributed by atoms with Gasteiger partial charge in [0.05, 0.1) is 17.6 Å². The van der Waals surface area contributed by atoms with Crippen molar-refractivity contribution < 1.29 is 28.7 Å². The Balaban J connectivity index is 1.88. The predicted octanol–water partition coefficient (Wildman–Crippen LogP) is 3.19. The molecule has 0 unspecified atom stereocenters. The van der Waals surface area contributed by atoms with Gasteiger partial charge in [0.25, 0.3) is 11.1 Å². The van der Waals surface area contributed by atoms with Gasteiger partial charge in [0.15, 0.2) is 0 Å². The molecule has 0 spiro atoms. The summed E-state index contributed by atoms with van der Waals surface area (Å²) in [7, 11) is 0. The summed E-state index contributed by atoms with van der Waals surface area (Å²) < 4.78 is 11.8. The van der Waals surface area contributed by atoms with E-state index in [4.69, 9.17) is 9.47 Å². The molecule has 2 heterocycles. The Morgan fingerprint density at radius 3 is 2.57 bits per heavy atom. The van der Waals surface area contributed by atoms with Crippen molar-refractivity contribution >= 4 is 51.8 Å². The summed E-state index contributed by atoms with van der Waals surface area (Å²) in [6, 6.07) is 7.43. The van der Waals surface area contributed by atoms with Crippen LogP contribution in [0.4, 0.5) is 4.79 Å². The number of imide groups is 1. The van der Waals surface area contributed by atoms with Crippen molar-refractivity contribution in [1.82, 2.24) is 9.47 Å². The lowest BCUT2D eigenvalue weighted by Gasteiger charge is -2.13. The van der Waals surface area contributed by atoms with Crippen molar-refractivity contribution in [2.45, 2.75) is 33.4 Å². The molecule has 158 valence electrons. The highest BCUT2D eigenvalue weighted by Crippen LogP contribution is 2.34. The first-order chi connectivity index (χ1) is 14.3. The van der Waals surface area contributed by atoms with Gasteiger partial charge in [-0.1, -0.05) is 18.2 Å². The third kappa shape index (κ3) is 4.73. The van der Waals surface area contributed by atoms with E-state index in [1.54, 1.807) is 37.6 Å². The molecular formula is C21H22N2O6S. The first-order valence-corrected chi connectivity index (χ1v) is 10.3. The second kappa shape index (κ2) is 9.17. The van der Waals surface area contributed by atoms with Crippen LogP contribution in [0.5, 0.6) is 0 Å². The van der Waals surface area contributed by atoms with E-state index in [0.29, 0.717) is 5.56 Å². The lowest BCUT2D eigenvalue weighted by atomic mass is 10.1. The molecular weight excluding hydrogens is 408 g/mol. The van der Waals surface area contributed by atoms with Gasteiger partial charge in [-0.3, -0.25) is 24.1 Å². The summed E-state index contributed by atoms with van der Waals surface area (Å²) in [6.07, 6.45) is 3.00. The van der Waals surface area contributed by atoms with Crippen LogP contribution in [-0.4, -0.2) is 51.8 Å². The molecule has 0 saturated carbocycles. The van der Waals surface area contributed by atoms with Gasteiger partial charge in [-0.05, 0) is 44.7 Å². The zero-order chi connectivity index (χ0) is 21.8. The fraction of sp³-hybridized carbons (Fsp3) is 0.333. The lowest BCUT2D eigenvalue weighted by Crippen LogP contribution is -2.35. The standard InChI is InChI=1S/C21H22N2O6S/c1-4-28-18(24)11-22-10-14(15-7-5-6-8-16(15)22)9-17-20(26)23(21(27)30-17)12-19(25)29-13(2)3/h5-10,13H,4,11-12H2,1-3H3/b17-9+. The number of para-hydroxylation sites is 1. The maximum absolute atomic E-state index is 12.7. The second-order valence-corrected chi connectivity index (χ2v) is 7.83. The molecule has 1 aliphatic rings. The maximum atomic E-state index is 12.7. The average molecular weight is 430 g/mol. The highest BCUT2D eigenvalue weighted by Gasteiger charge is 2.37. The van der Waals surface area contributed by atoms with E-state index in [0.717, 1.165) is 27.6 Å². The van der Waals surface area contributed by atoms with Crippen LogP contribution < -0.4 is 0 Å². The summed E-state index contributed by atoms with van der Waals surface area (Å²) in [5, 5.41) is 0.301. The molecule has 0 aliphatic carbocycles. The van der Waals surface area contributed by atoms with Crippen LogP contribution in [0, 0.1) is 0 Å². The molecule has 8 nitrogen and oxygen atoms in total. The van der Waals surface area contributed by atoms with Crippen LogP contribution in [0.2, 0.25) is 0 Å². The van der Waals surface area contributed by atoms with Gasteiger partial charge < -0.3 is 14.0 Å². The number of rotatable bonds is 7. The van der Waals surface area contributed by atoms with Crippen LogP contribution in [0.1, 0.15) is 26.3 Å². The number of benzene rings is 1. The minimum Gasteiger partial charge on any atom is -0.465 e. The number of esters is 2. The monoisotopic (exact) mass is 430 g/mol. The second-order valence-electron chi connectivity index (χ2n) is 6.84. The number of hydrogen-bond acceptors (Lipinski definition) is 7. The SMILES string of the molecule is CCOC(=O)Cn1cc(/C=C2/SC(=O)N(CC(=O)OC(C)C)C2=O)c2ccccc21. The Labute approximate surface area is 177 Å². The normalized spacial score (nSPS) is 15.5. The number of carbonyl (C=O) groups is 4. The summed E-state index contributed by atoms with van der Waals surface area (Å²) >= 11 is 0.767. The van der Waals surface area contributed by atoms with Crippen molar-refractivity contribution in [2.75, 3.05) is 13.2 Å². The molecule has 30 heavy (non-hydrogen) atoms. The first-order valence-electron chi connectivity index (χ1n) is 9.48. The van der Waals surface area contributed by atoms with E-state index >= 15 is 0 Å². The minimum atomic E-state index is -0.639. The number of fused-ring (bicyclic) bond motifs is 1. The van der Waals surface area contributed by atoms with Gasteiger partial charge in [0.2, 0.25) is 0 Å². The molecule has 1 aromatic heterocycles. The van der Waals surface area contributed by atoms with Gasteiger partial charge in [0, 0.05) is 22.7 Å². The number of hydrogen-bond donors (Lipinski definition) is 0. The Bertz CT molecular complexity index is 1040. The van der Waals surface area contributed by atoms with E-state index in [-0.39, 0.29) is 30.1 Å². The molecule has 0 atom stereocenters. The quantitative estimate of drug-likeness (QED) is 0.492. The number of nitrogens with zero attached hydrogens (tertiary/aromatic N) is 2. The number of aromatic nitrogens is 1. The fourth-order valence-corrected chi connectivity index (χ4v) is 3.90.